The molecule has 0 aliphatic rings. The summed E-state index contributed by atoms with van der Waals surface area (Å²) < 4.78 is 5.66. The quantitative estimate of drug-likeness (QED) is 0.292. The van der Waals surface area contributed by atoms with Crippen LogP contribution in [-0.4, -0.2) is 9.13 Å². The van der Waals surface area contributed by atoms with E-state index in [-0.39, 0.29) is 0 Å². The molecule has 0 aliphatic heterocycles. The Morgan fingerprint density at radius 2 is 1.28 bits per heavy atom. The van der Waals surface area contributed by atoms with E-state index < -0.39 is 7.92 Å². The Kier molecular flexibility index (Phi) is 6.01. The first-order valence-electron chi connectivity index (χ1n) is 9.77. The minimum atomic E-state index is -0.500. The predicted octanol–water partition coefficient (Wildman–Crippen LogP) is 5.37. The number of benzene rings is 3. The number of aryl methyl sites for hydroxylation is 3. The molecule has 0 atom stereocenters. The molecule has 0 spiro atoms. The van der Waals surface area contributed by atoms with E-state index in [1.165, 1.54) is 33.0 Å². The van der Waals surface area contributed by atoms with Crippen LogP contribution in [0.5, 0.6) is 0 Å². The average molecular weight is 439 g/mol. The van der Waals surface area contributed by atoms with Crippen LogP contribution in [0.1, 0.15) is 16.7 Å². The molecule has 3 aromatic carbocycles. The Morgan fingerprint density at radius 3 is 1.79 bits per heavy atom. The maximum absolute atomic E-state index is 3.88. The summed E-state index contributed by atoms with van der Waals surface area (Å²) in [4.78, 5) is 0. The summed E-state index contributed by atoms with van der Waals surface area (Å²) in [5.74, 6) is 0. The zero-order valence-corrected chi connectivity index (χ0v) is 19.1. The SMILES string of the molecule is Cc1cc(C)c(-n2ccn(CP(c3ccccc3)c3ccccc3)[c]2=[Mn])c(C)c1. The van der Waals surface area contributed by atoms with Crippen molar-refractivity contribution >= 4 is 18.5 Å². The number of nitrogens with zero attached hydrogens (tertiary/aromatic N) is 2. The molecule has 0 radical (unpaired) electrons. The van der Waals surface area contributed by atoms with Gasteiger partial charge in [-0.05, 0) is 0 Å². The van der Waals surface area contributed by atoms with Crippen LogP contribution in [0.3, 0.4) is 0 Å². The first-order chi connectivity index (χ1) is 14.0. The molecule has 0 aliphatic carbocycles. The van der Waals surface area contributed by atoms with Gasteiger partial charge in [-0.2, -0.15) is 0 Å². The summed E-state index contributed by atoms with van der Waals surface area (Å²) in [7, 11) is -0.500. The van der Waals surface area contributed by atoms with E-state index in [2.05, 4.69) is 131 Å². The van der Waals surface area contributed by atoms with Gasteiger partial charge in [-0.15, -0.1) is 0 Å². The molecule has 0 fully saturated rings. The summed E-state index contributed by atoms with van der Waals surface area (Å²) in [5.41, 5.74) is 5.14. The van der Waals surface area contributed by atoms with Crippen molar-refractivity contribution < 1.29 is 15.6 Å². The van der Waals surface area contributed by atoms with E-state index in [0.717, 1.165) is 10.6 Å². The monoisotopic (exact) mass is 439 g/mol. The molecule has 0 unspecified atom stereocenters. The van der Waals surface area contributed by atoms with E-state index in [0.29, 0.717) is 0 Å². The molecule has 147 valence electrons. The maximum atomic E-state index is 3.88. The van der Waals surface area contributed by atoms with Crippen molar-refractivity contribution in [3.8, 4) is 5.69 Å². The van der Waals surface area contributed by atoms with Crippen LogP contribution in [-0.2, 0) is 21.9 Å². The van der Waals surface area contributed by atoms with Crippen molar-refractivity contribution in [1.82, 2.24) is 9.13 Å². The van der Waals surface area contributed by atoms with Gasteiger partial charge in [0.25, 0.3) is 0 Å². The second-order valence-corrected chi connectivity index (χ2v) is 10.1. The van der Waals surface area contributed by atoms with Gasteiger partial charge < -0.3 is 0 Å². The Labute approximate surface area is 182 Å². The van der Waals surface area contributed by atoms with Gasteiger partial charge >= 0.3 is 182 Å². The molecule has 0 saturated carbocycles. The van der Waals surface area contributed by atoms with Gasteiger partial charge in [0.05, 0.1) is 0 Å². The van der Waals surface area contributed by atoms with Gasteiger partial charge in [0, 0.05) is 0 Å². The fraction of sp³-hybridized carbons (Fsp3) is 0.160. The van der Waals surface area contributed by atoms with Crippen LogP contribution < -0.4 is 10.6 Å². The Hall–Kier alpha value is -2.18. The number of rotatable bonds is 5. The zero-order valence-electron chi connectivity index (χ0n) is 17.0. The van der Waals surface area contributed by atoms with Crippen molar-refractivity contribution in [2.24, 2.45) is 0 Å². The zero-order chi connectivity index (χ0) is 20.4. The average Bonchev–Trinajstić information content (AvgIpc) is 3.07. The first-order valence-corrected chi connectivity index (χ1v) is 11.9. The topological polar surface area (TPSA) is 9.86 Å². The second kappa shape index (κ2) is 8.67. The summed E-state index contributed by atoms with van der Waals surface area (Å²) in [5, 5.41) is 2.78. The molecule has 0 N–H and O–H groups in total. The van der Waals surface area contributed by atoms with Crippen molar-refractivity contribution in [3.63, 3.8) is 0 Å². The molecule has 1 aromatic heterocycles. The van der Waals surface area contributed by atoms with Crippen LogP contribution in [0.15, 0.2) is 85.2 Å². The molecule has 0 amide bonds. The molecule has 4 rings (SSSR count). The number of aromatic nitrogens is 2. The summed E-state index contributed by atoms with van der Waals surface area (Å²) in [6, 6.07) is 26.2. The Morgan fingerprint density at radius 1 is 0.759 bits per heavy atom. The number of hydrogen-bond acceptors (Lipinski definition) is 0. The second-order valence-electron chi connectivity index (χ2n) is 7.39. The van der Waals surface area contributed by atoms with E-state index in [4.69, 9.17) is 0 Å². The van der Waals surface area contributed by atoms with Gasteiger partial charge in [0.2, 0.25) is 0 Å². The molecule has 4 aromatic rings. The third-order valence-corrected chi connectivity index (χ3v) is 8.19. The van der Waals surface area contributed by atoms with Gasteiger partial charge in [-0.25, -0.2) is 0 Å². The van der Waals surface area contributed by atoms with Crippen LogP contribution >= 0.6 is 7.92 Å². The van der Waals surface area contributed by atoms with Gasteiger partial charge in [-0.1, -0.05) is 0 Å². The molecule has 0 bridgehead atoms. The van der Waals surface area contributed by atoms with Crippen molar-refractivity contribution in [1.29, 1.82) is 0 Å². The fourth-order valence-corrected chi connectivity index (χ4v) is 6.68. The van der Waals surface area contributed by atoms with E-state index >= 15 is 0 Å². The van der Waals surface area contributed by atoms with Crippen LogP contribution in [0.4, 0.5) is 0 Å². The molecule has 1 heterocycles. The van der Waals surface area contributed by atoms with Gasteiger partial charge in [0.15, 0.2) is 0 Å². The fourth-order valence-electron chi connectivity index (χ4n) is 3.91. The van der Waals surface area contributed by atoms with Crippen molar-refractivity contribution in [2.75, 3.05) is 0 Å². The molecule has 4 heteroatoms. The molecule has 29 heavy (non-hydrogen) atoms. The van der Waals surface area contributed by atoms with Crippen LogP contribution in [0, 0.1) is 25.1 Å². The van der Waals surface area contributed by atoms with E-state index in [1.807, 2.05) is 0 Å². The summed E-state index contributed by atoms with van der Waals surface area (Å²) >= 11 is 3.88. The third kappa shape index (κ3) is 4.23. The molecule has 0 saturated heterocycles. The van der Waals surface area contributed by atoms with E-state index in [9.17, 15) is 0 Å². The van der Waals surface area contributed by atoms with Gasteiger partial charge in [0.1, 0.15) is 0 Å². The first kappa shape index (κ1) is 20.1. The Bertz CT molecular complexity index is 1110. The van der Waals surface area contributed by atoms with Crippen molar-refractivity contribution in [3.05, 3.63) is 106 Å². The molecular weight excluding hydrogens is 414 g/mol. The number of imidazole rings is 1. The number of hydrogen-bond donors (Lipinski definition) is 0. The third-order valence-electron chi connectivity index (χ3n) is 5.14. The van der Waals surface area contributed by atoms with Crippen LogP contribution in [0.25, 0.3) is 5.69 Å². The van der Waals surface area contributed by atoms with Crippen molar-refractivity contribution in [2.45, 2.75) is 27.1 Å². The summed E-state index contributed by atoms with van der Waals surface area (Å²) in [6.45, 7) is 6.53. The van der Waals surface area contributed by atoms with Crippen LogP contribution in [0.2, 0.25) is 0 Å². The predicted molar refractivity (Wildman–Crippen MR) is 120 cm³/mol. The molecular formula is C25H25MnN2P. The van der Waals surface area contributed by atoms with Gasteiger partial charge in [-0.3, -0.25) is 0 Å². The minimum absolute atomic E-state index is 0.500. The summed E-state index contributed by atoms with van der Waals surface area (Å²) in [6.07, 6.45) is 5.28. The Balaban J connectivity index is 1.75. The standard InChI is InChI=1S/C25H25N2P.Mn/c1-20-16-21(2)25(22(3)17-20)27-15-14-26(18-27)19-28(23-10-6-4-7-11-23)24-12-8-5-9-13-24;/h4-17H,19H2,1-3H3;. The normalized spacial score (nSPS) is 11.2. The van der Waals surface area contributed by atoms with E-state index in [1.54, 1.807) is 0 Å². The molecule has 2 nitrogen and oxygen atoms in total.